The molecule has 5 heteroatoms. The van der Waals surface area contributed by atoms with E-state index >= 15 is 0 Å². The normalized spacial score (nSPS) is 16.0. The minimum Gasteiger partial charge on any atom is -0.339 e. The zero-order valence-corrected chi connectivity index (χ0v) is 13.6. The summed E-state index contributed by atoms with van der Waals surface area (Å²) < 4.78 is 0. The second-order valence-corrected chi connectivity index (χ2v) is 6.37. The number of H-pyrrole nitrogens is 1. The third kappa shape index (κ3) is 3.11. The summed E-state index contributed by atoms with van der Waals surface area (Å²) >= 11 is 6.22. The van der Waals surface area contributed by atoms with Crippen molar-refractivity contribution < 1.29 is 0 Å². The molecule has 2 N–H and O–H groups in total. The Balaban J connectivity index is 1.55. The molecule has 0 radical (unpaired) electrons. The molecule has 0 atom stereocenters. The number of piperazine rings is 1. The summed E-state index contributed by atoms with van der Waals surface area (Å²) in [7, 11) is 0. The maximum Gasteiger partial charge on any atom is 0.139 e. The van der Waals surface area contributed by atoms with Crippen LogP contribution in [0, 0.1) is 0 Å². The Hall–Kier alpha value is -1.88. The van der Waals surface area contributed by atoms with Crippen molar-refractivity contribution in [3.8, 4) is 11.3 Å². The van der Waals surface area contributed by atoms with Gasteiger partial charge in [-0.1, -0.05) is 35.9 Å². The molecule has 2 aromatic heterocycles. The molecule has 3 aromatic rings. The van der Waals surface area contributed by atoms with Gasteiger partial charge in [-0.25, -0.2) is 4.98 Å². The van der Waals surface area contributed by atoms with E-state index in [2.05, 4.69) is 50.5 Å². The monoisotopic (exact) mass is 326 g/mol. The van der Waals surface area contributed by atoms with Crippen molar-refractivity contribution in [2.24, 2.45) is 0 Å². The van der Waals surface area contributed by atoms with Crippen LogP contribution in [0.3, 0.4) is 0 Å². The first-order valence-corrected chi connectivity index (χ1v) is 8.33. The number of pyridine rings is 1. The fourth-order valence-electron chi connectivity index (χ4n) is 3.07. The van der Waals surface area contributed by atoms with Gasteiger partial charge in [0.25, 0.3) is 0 Å². The van der Waals surface area contributed by atoms with Crippen LogP contribution in [0.5, 0.6) is 0 Å². The van der Waals surface area contributed by atoms with E-state index in [0.29, 0.717) is 0 Å². The Morgan fingerprint density at radius 1 is 1.09 bits per heavy atom. The van der Waals surface area contributed by atoms with Crippen LogP contribution in [0.1, 0.15) is 5.56 Å². The predicted octanol–water partition coefficient (Wildman–Crippen LogP) is 3.29. The number of aromatic amines is 1. The summed E-state index contributed by atoms with van der Waals surface area (Å²) in [6, 6.07) is 12.6. The minimum absolute atomic E-state index is 0.729. The van der Waals surface area contributed by atoms with Crippen LogP contribution in [-0.2, 0) is 6.54 Å². The number of halogens is 1. The number of nitrogens with zero attached hydrogens (tertiary/aromatic N) is 2. The number of fused-ring (bicyclic) bond motifs is 1. The van der Waals surface area contributed by atoms with Crippen LogP contribution in [0.25, 0.3) is 22.3 Å². The summed E-state index contributed by atoms with van der Waals surface area (Å²) in [5.74, 6) is 0. The van der Waals surface area contributed by atoms with Crippen molar-refractivity contribution in [2.45, 2.75) is 6.54 Å². The van der Waals surface area contributed by atoms with Gasteiger partial charge >= 0.3 is 0 Å². The average molecular weight is 327 g/mol. The molecular formula is C18H19ClN4. The number of benzene rings is 1. The van der Waals surface area contributed by atoms with Crippen molar-refractivity contribution in [3.63, 3.8) is 0 Å². The molecular weight excluding hydrogens is 308 g/mol. The van der Waals surface area contributed by atoms with E-state index < -0.39 is 0 Å². The van der Waals surface area contributed by atoms with Gasteiger partial charge < -0.3 is 10.3 Å². The van der Waals surface area contributed by atoms with Gasteiger partial charge in [-0.05, 0) is 23.3 Å². The van der Waals surface area contributed by atoms with E-state index in [1.165, 1.54) is 5.56 Å². The van der Waals surface area contributed by atoms with Crippen LogP contribution >= 0.6 is 11.6 Å². The molecule has 23 heavy (non-hydrogen) atoms. The van der Waals surface area contributed by atoms with Gasteiger partial charge in [0.05, 0.1) is 5.02 Å². The second kappa shape index (κ2) is 6.32. The highest BCUT2D eigenvalue weighted by molar-refractivity contribution is 6.35. The highest BCUT2D eigenvalue weighted by Gasteiger charge is 2.10. The van der Waals surface area contributed by atoms with Crippen LogP contribution in [0.15, 0.2) is 42.6 Å². The summed E-state index contributed by atoms with van der Waals surface area (Å²) in [5, 5.41) is 5.08. The van der Waals surface area contributed by atoms with Crippen LogP contribution in [0.2, 0.25) is 5.02 Å². The molecule has 1 saturated heterocycles. The van der Waals surface area contributed by atoms with Gasteiger partial charge in [0.15, 0.2) is 0 Å². The molecule has 0 spiro atoms. The van der Waals surface area contributed by atoms with Crippen molar-refractivity contribution in [1.29, 1.82) is 0 Å². The molecule has 0 amide bonds. The van der Waals surface area contributed by atoms with E-state index in [-0.39, 0.29) is 0 Å². The quantitative estimate of drug-likeness (QED) is 0.776. The van der Waals surface area contributed by atoms with E-state index in [0.717, 1.165) is 60.0 Å². The Morgan fingerprint density at radius 2 is 1.87 bits per heavy atom. The van der Waals surface area contributed by atoms with Gasteiger partial charge in [0.1, 0.15) is 5.65 Å². The molecule has 0 aliphatic carbocycles. The predicted molar refractivity (Wildman–Crippen MR) is 94.7 cm³/mol. The molecule has 3 heterocycles. The van der Waals surface area contributed by atoms with E-state index in [1.807, 2.05) is 6.07 Å². The maximum atomic E-state index is 6.22. The van der Waals surface area contributed by atoms with Gasteiger partial charge in [0, 0.05) is 50.0 Å². The van der Waals surface area contributed by atoms with Crippen molar-refractivity contribution in [1.82, 2.24) is 20.2 Å². The molecule has 4 rings (SSSR count). The van der Waals surface area contributed by atoms with Gasteiger partial charge in [-0.3, -0.25) is 4.90 Å². The lowest BCUT2D eigenvalue weighted by molar-refractivity contribution is 0.233. The highest BCUT2D eigenvalue weighted by Crippen LogP contribution is 2.27. The Bertz CT molecular complexity index is 804. The average Bonchev–Trinajstić information content (AvgIpc) is 3.02. The standard InChI is InChI=1S/C18H19ClN4/c19-16-5-6-21-18-15(16)11-17(22-18)14-3-1-13(2-4-14)12-23-9-7-20-8-10-23/h1-6,11,20H,7-10,12H2,(H,21,22). The van der Waals surface area contributed by atoms with Gasteiger partial charge in [-0.15, -0.1) is 0 Å². The van der Waals surface area contributed by atoms with Crippen LogP contribution < -0.4 is 5.32 Å². The number of aromatic nitrogens is 2. The first kappa shape index (κ1) is 14.7. The zero-order valence-electron chi connectivity index (χ0n) is 12.8. The van der Waals surface area contributed by atoms with Gasteiger partial charge in [-0.2, -0.15) is 0 Å². The topological polar surface area (TPSA) is 44.0 Å². The molecule has 1 fully saturated rings. The fraction of sp³-hybridized carbons (Fsp3) is 0.278. The third-order valence-electron chi connectivity index (χ3n) is 4.36. The maximum absolute atomic E-state index is 6.22. The molecule has 0 unspecified atom stereocenters. The highest BCUT2D eigenvalue weighted by atomic mass is 35.5. The lowest BCUT2D eigenvalue weighted by Gasteiger charge is -2.27. The third-order valence-corrected chi connectivity index (χ3v) is 4.69. The molecule has 0 bridgehead atoms. The Kier molecular flexibility index (Phi) is 4.04. The first-order chi connectivity index (χ1) is 11.3. The first-order valence-electron chi connectivity index (χ1n) is 7.95. The van der Waals surface area contributed by atoms with E-state index in [4.69, 9.17) is 11.6 Å². The smallest absolute Gasteiger partial charge is 0.139 e. The van der Waals surface area contributed by atoms with Crippen LogP contribution in [-0.4, -0.2) is 41.0 Å². The van der Waals surface area contributed by atoms with Gasteiger partial charge in [0.2, 0.25) is 0 Å². The Labute approximate surface area is 140 Å². The number of rotatable bonds is 3. The molecule has 0 saturated carbocycles. The molecule has 4 nitrogen and oxygen atoms in total. The lowest BCUT2D eigenvalue weighted by atomic mass is 10.1. The van der Waals surface area contributed by atoms with Crippen LogP contribution in [0.4, 0.5) is 0 Å². The zero-order chi connectivity index (χ0) is 15.6. The molecule has 1 aromatic carbocycles. The lowest BCUT2D eigenvalue weighted by Crippen LogP contribution is -2.42. The fourth-order valence-corrected chi connectivity index (χ4v) is 3.27. The van der Waals surface area contributed by atoms with Crippen molar-refractivity contribution in [3.05, 3.63) is 53.2 Å². The van der Waals surface area contributed by atoms with E-state index in [1.54, 1.807) is 6.20 Å². The largest absolute Gasteiger partial charge is 0.339 e. The van der Waals surface area contributed by atoms with E-state index in [9.17, 15) is 0 Å². The summed E-state index contributed by atoms with van der Waals surface area (Å²) in [6.07, 6.45) is 1.72. The number of nitrogens with one attached hydrogen (secondary N) is 2. The summed E-state index contributed by atoms with van der Waals surface area (Å²) in [6.45, 7) is 5.42. The number of hydrogen-bond acceptors (Lipinski definition) is 3. The molecule has 1 aliphatic heterocycles. The van der Waals surface area contributed by atoms with Crippen molar-refractivity contribution >= 4 is 22.6 Å². The summed E-state index contributed by atoms with van der Waals surface area (Å²) in [4.78, 5) is 10.2. The molecule has 1 aliphatic rings. The Morgan fingerprint density at radius 3 is 2.61 bits per heavy atom. The number of hydrogen-bond donors (Lipinski definition) is 2. The molecule has 118 valence electrons. The van der Waals surface area contributed by atoms with Crippen molar-refractivity contribution in [2.75, 3.05) is 26.2 Å². The summed E-state index contributed by atoms with van der Waals surface area (Å²) in [5.41, 5.74) is 4.39. The second-order valence-electron chi connectivity index (χ2n) is 5.96. The SMILES string of the molecule is Clc1ccnc2[nH]c(-c3ccc(CN4CCNCC4)cc3)cc12. The minimum atomic E-state index is 0.729.